The van der Waals surface area contributed by atoms with E-state index in [1.54, 1.807) is 5.53 Å². The van der Waals surface area contributed by atoms with Crippen molar-refractivity contribution in [3.05, 3.63) is 39.9 Å². The first kappa shape index (κ1) is 10.8. The zero-order chi connectivity index (χ0) is 11.3. The molecule has 15 heavy (non-hydrogen) atoms. The number of rotatable bonds is 4. The molecule has 80 valence electrons. The van der Waals surface area contributed by atoms with Crippen molar-refractivity contribution in [2.45, 2.75) is 0 Å². The minimum atomic E-state index is -0.728. The predicted molar refractivity (Wildman–Crippen MR) is 51.5 cm³/mol. The van der Waals surface area contributed by atoms with Crippen molar-refractivity contribution < 1.29 is 14.6 Å². The lowest BCUT2D eigenvalue weighted by atomic mass is 10.2. The van der Waals surface area contributed by atoms with E-state index in [9.17, 15) is 14.9 Å². The van der Waals surface area contributed by atoms with Gasteiger partial charge in [-0.2, -0.15) is 0 Å². The van der Waals surface area contributed by atoms with Crippen molar-refractivity contribution in [1.82, 2.24) is 5.53 Å². The molecule has 0 aliphatic carbocycles. The Morgan fingerprint density at radius 1 is 1.40 bits per heavy atom. The first-order chi connectivity index (χ1) is 7.13. The second-order valence-electron chi connectivity index (χ2n) is 2.56. The quantitative estimate of drug-likeness (QED) is 0.430. The Morgan fingerprint density at radius 3 is 2.47 bits per heavy atom. The van der Waals surface area contributed by atoms with Crippen LogP contribution in [0.1, 0.15) is 10.4 Å². The van der Waals surface area contributed by atoms with Crippen LogP contribution in [0, 0.1) is 10.1 Å². The fourth-order valence-electron chi connectivity index (χ4n) is 0.918. The summed E-state index contributed by atoms with van der Waals surface area (Å²) in [7, 11) is 1.28. The van der Waals surface area contributed by atoms with E-state index in [1.165, 1.54) is 31.4 Å². The number of methoxy groups -OCH3 is 1. The van der Waals surface area contributed by atoms with E-state index in [1.807, 2.05) is 0 Å². The molecule has 7 nitrogen and oxygen atoms in total. The Kier molecular flexibility index (Phi) is 3.44. The fraction of sp³-hybridized carbons (Fsp3) is 0.125. The molecule has 0 fully saturated rings. The summed E-state index contributed by atoms with van der Waals surface area (Å²) in [5.74, 6) is -0.455. The molecule has 0 radical (unpaired) electrons. The van der Waals surface area contributed by atoms with Crippen LogP contribution in [0.2, 0.25) is 0 Å². The molecule has 0 aliphatic heterocycles. The SMILES string of the molecule is COC(=O)c1ccc(NN[N+](=O)[O-])cc1. The number of carbonyl (C=O) groups excluding carboxylic acids is 1. The van der Waals surface area contributed by atoms with Gasteiger partial charge in [0.25, 0.3) is 0 Å². The van der Waals surface area contributed by atoms with E-state index in [0.29, 0.717) is 11.3 Å². The zero-order valence-electron chi connectivity index (χ0n) is 7.89. The maximum absolute atomic E-state index is 11.0. The number of carbonyl (C=O) groups is 1. The van der Waals surface area contributed by atoms with Crippen molar-refractivity contribution in [1.29, 1.82) is 0 Å². The number of nitrogens with one attached hydrogen (secondary N) is 2. The largest absolute Gasteiger partial charge is 0.465 e. The average molecular weight is 211 g/mol. The number of nitrogens with zero attached hydrogens (tertiary/aromatic N) is 1. The summed E-state index contributed by atoms with van der Waals surface area (Å²) in [5.41, 5.74) is 4.96. The van der Waals surface area contributed by atoms with Gasteiger partial charge in [-0.15, -0.1) is 0 Å². The number of benzene rings is 1. The van der Waals surface area contributed by atoms with Gasteiger partial charge in [0.1, 0.15) is 0 Å². The topological polar surface area (TPSA) is 93.5 Å². The monoisotopic (exact) mass is 211 g/mol. The minimum Gasteiger partial charge on any atom is -0.465 e. The maximum atomic E-state index is 11.0. The van der Waals surface area contributed by atoms with E-state index in [-0.39, 0.29) is 0 Å². The summed E-state index contributed by atoms with van der Waals surface area (Å²) >= 11 is 0. The van der Waals surface area contributed by atoms with Gasteiger partial charge in [0, 0.05) is 0 Å². The molecule has 0 bridgehead atoms. The van der Waals surface area contributed by atoms with E-state index in [4.69, 9.17) is 0 Å². The Hall–Kier alpha value is -2.31. The zero-order valence-corrected chi connectivity index (χ0v) is 7.89. The lowest BCUT2D eigenvalue weighted by molar-refractivity contribution is -0.538. The maximum Gasteiger partial charge on any atom is 0.337 e. The molecule has 0 atom stereocenters. The standard InChI is InChI=1S/C8H9N3O4/c1-15-8(12)6-2-4-7(5-3-6)9-10-11(13)14/h2-5,9-10H,1H3. The average Bonchev–Trinajstić information content (AvgIpc) is 2.26. The molecule has 1 aromatic carbocycles. The van der Waals surface area contributed by atoms with Crippen molar-refractivity contribution in [3.8, 4) is 0 Å². The van der Waals surface area contributed by atoms with Crippen LogP contribution in [0.15, 0.2) is 24.3 Å². The van der Waals surface area contributed by atoms with E-state index >= 15 is 0 Å². The summed E-state index contributed by atoms with van der Waals surface area (Å²) in [5, 5.41) is 9.22. The molecule has 7 heteroatoms. The molecule has 0 saturated carbocycles. The summed E-state index contributed by atoms with van der Waals surface area (Å²) in [6, 6.07) is 6.02. The predicted octanol–water partition coefficient (Wildman–Crippen LogP) is 0.581. The number of anilines is 1. The van der Waals surface area contributed by atoms with Gasteiger partial charge in [0.15, 0.2) is 5.03 Å². The number of ether oxygens (including phenoxy) is 1. The highest BCUT2D eigenvalue weighted by atomic mass is 16.7. The third-order valence-corrected chi connectivity index (χ3v) is 1.60. The van der Waals surface area contributed by atoms with E-state index in [2.05, 4.69) is 10.2 Å². The third-order valence-electron chi connectivity index (χ3n) is 1.60. The van der Waals surface area contributed by atoms with Crippen LogP contribution in [0.3, 0.4) is 0 Å². The van der Waals surface area contributed by atoms with Gasteiger partial charge in [-0.1, -0.05) is 0 Å². The van der Waals surface area contributed by atoms with Crippen LogP contribution in [0.4, 0.5) is 5.69 Å². The van der Waals surface area contributed by atoms with Crippen molar-refractivity contribution in [2.24, 2.45) is 0 Å². The summed E-state index contributed by atoms with van der Waals surface area (Å²) in [6.07, 6.45) is 0. The molecule has 1 rings (SSSR count). The van der Waals surface area contributed by atoms with Gasteiger partial charge in [-0.05, 0) is 29.8 Å². The normalized spacial score (nSPS) is 9.13. The van der Waals surface area contributed by atoms with Gasteiger partial charge in [-0.3, -0.25) is 0 Å². The van der Waals surface area contributed by atoms with Crippen LogP contribution in [0.5, 0.6) is 0 Å². The number of esters is 1. The summed E-state index contributed by atoms with van der Waals surface area (Å²) in [4.78, 5) is 21.0. The first-order valence-electron chi connectivity index (χ1n) is 3.98. The molecule has 0 amide bonds. The molecule has 0 heterocycles. The van der Waals surface area contributed by atoms with Crippen molar-refractivity contribution in [2.75, 3.05) is 12.5 Å². The number of nitro groups is 1. The van der Waals surface area contributed by atoms with Crippen LogP contribution < -0.4 is 11.0 Å². The second-order valence-corrected chi connectivity index (χ2v) is 2.56. The summed E-state index contributed by atoms with van der Waals surface area (Å²) < 4.78 is 4.49. The Labute approximate surface area is 85.1 Å². The number of hydrazine groups is 2. The Morgan fingerprint density at radius 2 is 2.00 bits per heavy atom. The van der Waals surface area contributed by atoms with Crippen LogP contribution >= 0.6 is 0 Å². The molecule has 0 unspecified atom stereocenters. The molecular weight excluding hydrogens is 202 g/mol. The fourth-order valence-corrected chi connectivity index (χ4v) is 0.918. The minimum absolute atomic E-state index is 0.379. The summed E-state index contributed by atoms with van der Waals surface area (Å²) in [6.45, 7) is 0. The van der Waals surface area contributed by atoms with Gasteiger partial charge in [0.05, 0.1) is 18.4 Å². The molecule has 2 N–H and O–H groups in total. The first-order valence-corrected chi connectivity index (χ1v) is 3.98. The molecule has 0 saturated heterocycles. The highest BCUT2D eigenvalue weighted by Gasteiger charge is 2.04. The van der Waals surface area contributed by atoms with Gasteiger partial charge in [0.2, 0.25) is 0 Å². The molecule has 0 spiro atoms. The van der Waals surface area contributed by atoms with Crippen LogP contribution in [-0.2, 0) is 4.74 Å². The smallest absolute Gasteiger partial charge is 0.337 e. The lowest BCUT2D eigenvalue weighted by Gasteiger charge is -2.03. The van der Waals surface area contributed by atoms with Gasteiger partial charge in [-0.25, -0.2) is 20.3 Å². The van der Waals surface area contributed by atoms with Crippen LogP contribution in [-0.4, -0.2) is 18.1 Å². The molecule has 0 aliphatic rings. The van der Waals surface area contributed by atoms with Gasteiger partial charge >= 0.3 is 5.97 Å². The molecule has 1 aromatic rings. The Balaban J connectivity index is 2.64. The van der Waals surface area contributed by atoms with Gasteiger partial charge < -0.3 is 4.74 Å². The third kappa shape index (κ3) is 3.14. The van der Waals surface area contributed by atoms with E-state index < -0.39 is 11.0 Å². The van der Waals surface area contributed by atoms with Crippen molar-refractivity contribution in [3.63, 3.8) is 0 Å². The number of hydrogen-bond acceptors (Lipinski definition) is 5. The number of hydrogen-bond donors (Lipinski definition) is 2. The van der Waals surface area contributed by atoms with Crippen LogP contribution in [0.25, 0.3) is 0 Å². The highest BCUT2D eigenvalue weighted by Crippen LogP contribution is 2.08. The second kappa shape index (κ2) is 4.80. The lowest BCUT2D eigenvalue weighted by Crippen LogP contribution is -2.27. The molecular formula is C8H9N3O4. The molecule has 0 aromatic heterocycles. The van der Waals surface area contributed by atoms with Crippen molar-refractivity contribution >= 4 is 11.7 Å². The Bertz CT molecular complexity index is 363. The van der Waals surface area contributed by atoms with E-state index in [0.717, 1.165) is 0 Å². The highest BCUT2D eigenvalue weighted by molar-refractivity contribution is 5.89.